The third-order valence-electron chi connectivity index (χ3n) is 10.8. The molecule has 0 bridgehead atoms. The number of hydrogen-bond donors (Lipinski definition) is 0. The van der Waals surface area contributed by atoms with Crippen molar-refractivity contribution in [1.29, 1.82) is 0 Å². The molecule has 0 radical (unpaired) electrons. The molecule has 2 aliphatic rings. The summed E-state index contributed by atoms with van der Waals surface area (Å²) >= 11 is 0. The summed E-state index contributed by atoms with van der Waals surface area (Å²) < 4.78 is 0. The molecule has 2 nitrogen and oxygen atoms in total. The molecule has 0 saturated heterocycles. The number of benzene rings is 8. The van der Waals surface area contributed by atoms with Crippen LogP contribution in [0, 0.1) is 0 Å². The first-order valence-corrected chi connectivity index (χ1v) is 20.5. The van der Waals surface area contributed by atoms with E-state index in [1.807, 2.05) is 0 Å². The highest BCUT2D eigenvalue weighted by atomic mass is 32.3. The second-order valence-electron chi connectivity index (χ2n) is 14.5. The number of para-hydroxylation sites is 2. The van der Waals surface area contributed by atoms with Gasteiger partial charge in [-0.3, -0.25) is 0 Å². The van der Waals surface area contributed by atoms with Crippen LogP contribution in [0.15, 0.2) is 175 Å². The van der Waals surface area contributed by atoms with Crippen LogP contribution in [0.25, 0.3) is 32.7 Å². The molecular formula is C47H37BN2S. The summed E-state index contributed by atoms with van der Waals surface area (Å²) in [6.45, 7) is 0.0510. The lowest BCUT2D eigenvalue weighted by atomic mass is 9.33. The van der Waals surface area contributed by atoms with E-state index in [1.54, 1.807) is 0 Å². The first-order chi connectivity index (χ1) is 25.0. The molecule has 51 heavy (non-hydrogen) atoms. The summed E-state index contributed by atoms with van der Waals surface area (Å²) in [5, 5.41) is 5.03. The molecule has 0 amide bonds. The van der Waals surface area contributed by atoms with E-state index >= 15 is 0 Å². The number of nitrogens with zero attached hydrogens (tertiary/aromatic N) is 2. The molecule has 2 heterocycles. The fourth-order valence-electron chi connectivity index (χ4n) is 8.43. The zero-order valence-corrected chi connectivity index (χ0v) is 29.9. The fourth-order valence-corrected chi connectivity index (χ4v) is 9.38. The smallest absolute Gasteiger partial charge is 0.252 e. The average molecular weight is 673 g/mol. The van der Waals surface area contributed by atoms with Gasteiger partial charge in [-0.25, -0.2) is 10.0 Å². The molecule has 244 valence electrons. The highest BCUT2D eigenvalue weighted by molar-refractivity contribution is 8.32. The molecule has 10 rings (SSSR count). The normalized spacial score (nSPS) is 13.6. The van der Waals surface area contributed by atoms with Crippen LogP contribution in [-0.2, 0) is 0 Å². The molecule has 2 aliphatic heterocycles. The van der Waals surface area contributed by atoms with Crippen LogP contribution < -0.4 is 26.2 Å². The molecule has 4 heteroatoms. The van der Waals surface area contributed by atoms with Crippen molar-refractivity contribution in [3.63, 3.8) is 0 Å². The van der Waals surface area contributed by atoms with Crippen molar-refractivity contribution >= 4 is 88.8 Å². The Bertz CT molecular complexity index is 2480. The second-order valence-corrected chi connectivity index (χ2v) is 18.7. The number of anilines is 6. The Kier molecular flexibility index (Phi) is 6.75. The van der Waals surface area contributed by atoms with E-state index in [9.17, 15) is 0 Å². The van der Waals surface area contributed by atoms with Gasteiger partial charge in [-0.05, 0) is 110 Å². The van der Waals surface area contributed by atoms with Gasteiger partial charge in [0.25, 0.3) is 6.71 Å². The van der Waals surface area contributed by atoms with E-state index in [2.05, 4.69) is 198 Å². The molecular weight excluding hydrogens is 635 g/mol. The van der Waals surface area contributed by atoms with E-state index in [0.29, 0.717) is 0 Å². The molecule has 0 unspecified atom stereocenters. The average Bonchev–Trinajstić information content (AvgIpc) is 3.17. The van der Waals surface area contributed by atoms with Gasteiger partial charge in [0.15, 0.2) is 0 Å². The molecule has 0 saturated carbocycles. The van der Waals surface area contributed by atoms with Crippen molar-refractivity contribution in [2.75, 3.05) is 28.6 Å². The summed E-state index contributed by atoms with van der Waals surface area (Å²) in [7, 11) is -0.842. The summed E-state index contributed by atoms with van der Waals surface area (Å²) in [6.07, 6.45) is 7.10. The maximum absolute atomic E-state index is 2.54. The first-order valence-electron chi connectivity index (χ1n) is 17.7. The Hall–Kier alpha value is -5.71. The predicted octanol–water partition coefficient (Wildman–Crippen LogP) is 10.8. The van der Waals surface area contributed by atoms with Crippen LogP contribution in [0.5, 0.6) is 0 Å². The second kappa shape index (κ2) is 11.4. The Morgan fingerprint density at radius 2 is 0.882 bits per heavy atom. The van der Waals surface area contributed by atoms with Crippen molar-refractivity contribution in [3.8, 4) is 11.1 Å². The summed E-state index contributed by atoms with van der Waals surface area (Å²) in [5.74, 6) is 0. The van der Waals surface area contributed by atoms with E-state index in [4.69, 9.17) is 0 Å². The highest BCUT2D eigenvalue weighted by Gasteiger charge is 2.44. The van der Waals surface area contributed by atoms with E-state index in [-0.39, 0.29) is 6.71 Å². The number of fused-ring (bicyclic) bond motifs is 8. The Labute approximate surface area is 302 Å². The SMILES string of the molecule is CS(C)(C)c1ccc(-c2cc3c4c(c2)N(c2ccccc2)c2c(ccc5ccccc25)B4c2ccc4ccccc4c2N3c2ccccc2)cc1. The van der Waals surface area contributed by atoms with Gasteiger partial charge >= 0.3 is 0 Å². The molecule has 0 fully saturated rings. The predicted molar refractivity (Wildman–Crippen MR) is 225 cm³/mol. The lowest BCUT2D eigenvalue weighted by Crippen LogP contribution is -2.61. The third-order valence-corrected chi connectivity index (χ3v) is 12.4. The lowest BCUT2D eigenvalue weighted by Gasteiger charge is -2.45. The quantitative estimate of drug-likeness (QED) is 0.172. The van der Waals surface area contributed by atoms with Crippen molar-refractivity contribution in [3.05, 3.63) is 170 Å². The van der Waals surface area contributed by atoms with Crippen molar-refractivity contribution in [1.82, 2.24) is 0 Å². The van der Waals surface area contributed by atoms with E-state index < -0.39 is 10.0 Å². The van der Waals surface area contributed by atoms with Crippen molar-refractivity contribution < 1.29 is 0 Å². The summed E-state index contributed by atoms with van der Waals surface area (Å²) in [5.41, 5.74) is 13.8. The third kappa shape index (κ3) is 4.67. The van der Waals surface area contributed by atoms with E-state index in [1.165, 1.54) is 76.7 Å². The summed E-state index contributed by atoms with van der Waals surface area (Å²) in [4.78, 5) is 6.50. The van der Waals surface area contributed by atoms with Gasteiger partial charge in [0.2, 0.25) is 0 Å². The lowest BCUT2D eigenvalue weighted by molar-refractivity contribution is 1.27. The molecule has 0 spiro atoms. The fraction of sp³-hybridized carbons (Fsp3) is 0.0638. The standard InChI is InChI=1S/C47H37BN2S/c1-51(2,3)38-26-22-32(23-27-38)35-30-43-45-44(31-35)50(37-18-8-5-9-19-37)47-40-21-13-11-15-34(40)25-29-42(47)48(45)41-28-24-33-14-10-12-20-39(33)46(41)49(43)36-16-6-4-7-17-36/h4-31H,1-3H3. The Morgan fingerprint density at radius 3 is 1.35 bits per heavy atom. The van der Waals surface area contributed by atoms with Gasteiger partial charge in [0, 0.05) is 44.9 Å². The molecule has 0 aliphatic carbocycles. The molecule has 8 aromatic rings. The molecule has 0 N–H and O–H groups in total. The Morgan fingerprint density at radius 1 is 0.431 bits per heavy atom. The minimum absolute atomic E-state index is 0.0510. The van der Waals surface area contributed by atoms with Crippen LogP contribution in [0.4, 0.5) is 34.1 Å². The minimum atomic E-state index is -0.842. The largest absolute Gasteiger partial charge is 0.311 e. The van der Waals surface area contributed by atoms with Crippen molar-refractivity contribution in [2.24, 2.45) is 0 Å². The maximum Gasteiger partial charge on any atom is 0.252 e. The van der Waals surface area contributed by atoms with Gasteiger partial charge < -0.3 is 9.80 Å². The molecule has 8 aromatic carbocycles. The van der Waals surface area contributed by atoms with Crippen LogP contribution in [0.1, 0.15) is 0 Å². The number of rotatable bonds is 4. The maximum atomic E-state index is 2.54. The van der Waals surface area contributed by atoms with Crippen LogP contribution >= 0.6 is 10.0 Å². The van der Waals surface area contributed by atoms with Gasteiger partial charge in [-0.1, -0.05) is 121 Å². The monoisotopic (exact) mass is 672 g/mol. The van der Waals surface area contributed by atoms with Crippen LogP contribution in [0.3, 0.4) is 0 Å². The van der Waals surface area contributed by atoms with Gasteiger partial charge in [-0.2, -0.15) is 0 Å². The highest BCUT2D eigenvalue weighted by Crippen LogP contribution is 2.49. The zero-order chi connectivity index (χ0) is 34.3. The van der Waals surface area contributed by atoms with Gasteiger partial charge in [0.05, 0.1) is 0 Å². The first kappa shape index (κ1) is 30.1. The van der Waals surface area contributed by atoms with E-state index in [0.717, 1.165) is 11.4 Å². The molecule has 0 atom stereocenters. The topological polar surface area (TPSA) is 6.48 Å². The van der Waals surface area contributed by atoms with Crippen LogP contribution in [0.2, 0.25) is 0 Å². The summed E-state index contributed by atoms with van der Waals surface area (Å²) in [6, 6.07) is 63.3. The molecule has 0 aromatic heterocycles. The zero-order valence-electron chi connectivity index (χ0n) is 29.0. The van der Waals surface area contributed by atoms with Gasteiger partial charge in [-0.15, -0.1) is 0 Å². The number of hydrogen-bond acceptors (Lipinski definition) is 2. The van der Waals surface area contributed by atoms with Gasteiger partial charge in [0.1, 0.15) is 0 Å². The Balaban J connectivity index is 1.37. The van der Waals surface area contributed by atoms with Crippen molar-refractivity contribution in [2.45, 2.75) is 4.90 Å². The van der Waals surface area contributed by atoms with Crippen LogP contribution in [-0.4, -0.2) is 25.5 Å². The minimum Gasteiger partial charge on any atom is -0.311 e.